The summed E-state index contributed by atoms with van der Waals surface area (Å²) in [6, 6.07) is 12.2. The molecule has 0 atom stereocenters. The van der Waals surface area contributed by atoms with Crippen LogP contribution < -0.4 is 0 Å². The van der Waals surface area contributed by atoms with Crippen LogP contribution in [0.1, 0.15) is 0 Å². The van der Waals surface area contributed by atoms with Crippen LogP contribution in [0.25, 0.3) is 10.2 Å². The summed E-state index contributed by atoms with van der Waals surface area (Å²) in [6.07, 6.45) is 0. The molecule has 0 saturated heterocycles. The molecule has 0 saturated carbocycles. The van der Waals surface area contributed by atoms with Crippen molar-refractivity contribution in [2.45, 2.75) is 0 Å². The molecular weight excluding hydrogens is 210 g/mol. The molecule has 3 rings (SSSR count). The lowest BCUT2D eigenvalue weighted by Gasteiger charge is -1.80. The first-order valence-corrected chi connectivity index (χ1v) is 6.04. The monoisotopic (exact) mass is 219 g/mol. The van der Waals surface area contributed by atoms with Crippen molar-refractivity contribution < 1.29 is 0 Å². The Labute approximate surface area is 90.7 Å². The number of thiophene rings is 1. The van der Waals surface area contributed by atoms with Gasteiger partial charge in [-0.2, -0.15) is 11.3 Å². The number of nitrogens with zero attached hydrogens (tertiary/aromatic N) is 1. The largest absolute Gasteiger partial charge is 0.245 e. The fraction of sp³-hybridized carbons (Fsp3) is 0. The third-order valence-electron chi connectivity index (χ3n) is 1.66. The fourth-order valence-electron chi connectivity index (χ4n) is 1.03. The normalized spacial score (nSPS) is 9.43. The zero-order chi connectivity index (χ0) is 9.64. The molecule has 0 N–H and O–H groups in total. The van der Waals surface area contributed by atoms with Gasteiger partial charge in [0.1, 0.15) is 0 Å². The standard InChI is InChI=1S/C7H5NS.C4H4S/c1-2-4-7-6(3-1)8-5-9-7;1-2-4-5-3-1/h1-5H;1-4H. The number of benzene rings is 1. The third-order valence-corrected chi connectivity index (χ3v) is 3.10. The Morgan fingerprint density at radius 2 is 1.71 bits per heavy atom. The van der Waals surface area contributed by atoms with Crippen molar-refractivity contribution in [1.82, 2.24) is 4.98 Å². The topological polar surface area (TPSA) is 12.9 Å². The van der Waals surface area contributed by atoms with Gasteiger partial charge in [-0.1, -0.05) is 24.3 Å². The molecule has 14 heavy (non-hydrogen) atoms. The van der Waals surface area contributed by atoms with E-state index in [2.05, 4.69) is 11.1 Å². The minimum Gasteiger partial charge on any atom is -0.245 e. The van der Waals surface area contributed by atoms with E-state index in [-0.39, 0.29) is 0 Å². The van der Waals surface area contributed by atoms with Crippen molar-refractivity contribution in [3.8, 4) is 0 Å². The summed E-state index contributed by atoms with van der Waals surface area (Å²) in [5, 5.41) is 4.08. The van der Waals surface area contributed by atoms with E-state index in [1.165, 1.54) is 4.70 Å². The lowest BCUT2D eigenvalue weighted by atomic mass is 10.3. The van der Waals surface area contributed by atoms with Gasteiger partial charge in [-0.15, -0.1) is 11.3 Å². The number of aromatic nitrogens is 1. The van der Waals surface area contributed by atoms with Gasteiger partial charge < -0.3 is 0 Å². The summed E-state index contributed by atoms with van der Waals surface area (Å²) in [7, 11) is 0. The van der Waals surface area contributed by atoms with E-state index in [4.69, 9.17) is 0 Å². The lowest BCUT2D eigenvalue weighted by molar-refractivity contribution is 1.50. The first-order valence-electron chi connectivity index (χ1n) is 4.22. The second-order valence-electron chi connectivity index (χ2n) is 2.61. The van der Waals surface area contributed by atoms with Gasteiger partial charge >= 0.3 is 0 Å². The van der Waals surface area contributed by atoms with Crippen LogP contribution in [0.5, 0.6) is 0 Å². The highest BCUT2D eigenvalue weighted by molar-refractivity contribution is 7.16. The number of rotatable bonds is 0. The molecule has 1 aromatic carbocycles. The molecule has 0 aliphatic rings. The Hall–Kier alpha value is -1.19. The first-order chi connectivity index (χ1) is 6.97. The van der Waals surface area contributed by atoms with Crippen LogP contribution in [0.4, 0.5) is 0 Å². The Kier molecular flexibility index (Phi) is 3.27. The highest BCUT2D eigenvalue weighted by Crippen LogP contribution is 2.15. The number of thiazole rings is 1. The molecule has 3 heteroatoms. The summed E-state index contributed by atoms with van der Waals surface area (Å²) in [5.41, 5.74) is 2.97. The molecule has 0 bridgehead atoms. The van der Waals surface area contributed by atoms with Gasteiger partial charge in [0.25, 0.3) is 0 Å². The molecule has 3 aromatic rings. The van der Waals surface area contributed by atoms with Crippen LogP contribution in [0.3, 0.4) is 0 Å². The Morgan fingerprint density at radius 3 is 2.36 bits per heavy atom. The van der Waals surface area contributed by atoms with E-state index in [0.29, 0.717) is 0 Å². The average Bonchev–Trinajstić information content (AvgIpc) is 2.92. The second-order valence-corrected chi connectivity index (χ2v) is 4.32. The van der Waals surface area contributed by atoms with Gasteiger partial charge in [-0.25, -0.2) is 4.98 Å². The SMILES string of the molecule is c1ccc2scnc2c1.c1ccsc1. The molecule has 0 amide bonds. The predicted octanol–water partition coefficient (Wildman–Crippen LogP) is 4.04. The van der Waals surface area contributed by atoms with E-state index < -0.39 is 0 Å². The highest BCUT2D eigenvalue weighted by Gasteiger charge is 1.89. The van der Waals surface area contributed by atoms with Crippen LogP contribution in [-0.4, -0.2) is 4.98 Å². The Bertz CT molecular complexity index is 423. The molecule has 0 aliphatic heterocycles. The van der Waals surface area contributed by atoms with Crippen LogP contribution in [0.15, 0.2) is 52.7 Å². The molecule has 2 heterocycles. The van der Waals surface area contributed by atoms with Gasteiger partial charge in [0.2, 0.25) is 0 Å². The summed E-state index contributed by atoms with van der Waals surface area (Å²) in [6.45, 7) is 0. The molecule has 0 radical (unpaired) electrons. The van der Waals surface area contributed by atoms with Gasteiger partial charge in [-0.05, 0) is 22.9 Å². The van der Waals surface area contributed by atoms with Crippen molar-refractivity contribution in [3.05, 3.63) is 52.7 Å². The smallest absolute Gasteiger partial charge is 0.0812 e. The minimum atomic E-state index is 1.10. The summed E-state index contributed by atoms with van der Waals surface area (Å²) >= 11 is 3.39. The van der Waals surface area contributed by atoms with Crippen LogP contribution in [0.2, 0.25) is 0 Å². The van der Waals surface area contributed by atoms with Crippen molar-refractivity contribution >= 4 is 32.9 Å². The predicted molar refractivity (Wildman–Crippen MR) is 63.9 cm³/mol. The molecule has 0 spiro atoms. The molecule has 0 fully saturated rings. The summed E-state index contributed by atoms with van der Waals surface area (Å²) in [4.78, 5) is 4.14. The van der Waals surface area contributed by atoms with Crippen molar-refractivity contribution in [3.63, 3.8) is 0 Å². The van der Waals surface area contributed by atoms with Crippen molar-refractivity contribution in [2.75, 3.05) is 0 Å². The number of hydrogen-bond acceptors (Lipinski definition) is 3. The van der Waals surface area contributed by atoms with Gasteiger partial charge in [0.15, 0.2) is 0 Å². The van der Waals surface area contributed by atoms with E-state index in [0.717, 1.165) is 5.52 Å². The van der Waals surface area contributed by atoms with Crippen LogP contribution >= 0.6 is 22.7 Å². The first kappa shape index (κ1) is 9.37. The molecular formula is C11H9NS2. The Morgan fingerprint density at radius 1 is 0.929 bits per heavy atom. The molecule has 2 aromatic heterocycles. The molecule has 0 unspecified atom stereocenters. The van der Waals surface area contributed by atoms with Crippen LogP contribution in [-0.2, 0) is 0 Å². The van der Waals surface area contributed by atoms with E-state index >= 15 is 0 Å². The molecule has 0 aliphatic carbocycles. The number of fused-ring (bicyclic) bond motifs is 1. The summed E-state index contributed by atoms with van der Waals surface area (Å²) < 4.78 is 1.26. The zero-order valence-electron chi connectivity index (χ0n) is 7.46. The van der Waals surface area contributed by atoms with E-state index in [1.807, 2.05) is 46.6 Å². The quantitative estimate of drug-likeness (QED) is 0.556. The highest BCUT2D eigenvalue weighted by atomic mass is 32.1. The Balaban J connectivity index is 0.000000128. The maximum absolute atomic E-state index is 4.14. The fourth-order valence-corrected chi connectivity index (χ4v) is 2.16. The van der Waals surface area contributed by atoms with Gasteiger partial charge in [-0.3, -0.25) is 0 Å². The van der Waals surface area contributed by atoms with Crippen molar-refractivity contribution in [2.24, 2.45) is 0 Å². The summed E-state index contributed by atoms with van der Waals surface area (Å²) in [5.74, 6) is 0. The maximum Gasteiger partial charge on any atom is 0.0812 e. The second kappa shape index (κ2) is 4.88. The lowest BCUT2D eigenvalue weighted by Crippen LogP contribution is -1.61. The number of para-hydroxylation sites is 1. The zero-order valence-corrected chi connectivity index (χ0v) is 9.09. The van der Waals surface area contributed by atoms with Gasteiger partial charge in [0, 0.05) is 0 Å². The maximum atomic E-state index is 4.14. The minimum absolute atomic E-state index is 1.10. The van der Waals surface area contributed by atoms with Crippen molar-refractivity contribution in [1.29, 1.82) is 0 Å². The van der Waals surface area contributed by atoms with Gasteiger partial charge in [0.05, 0.1) is 15.7 Å². The van der Waals surface area contributed by atoms with E-state index in [1.54, 1.807) is 22.7 Å². The molecule has 1 nitrogen and oxygen atoms in total. The average molecular weight is 219 g/mol. The van der Waals surface area contributed by atoms with E-state index in [9.17, 15) is 0 Å². The number of hydrogen-bond donors (Lipinski definition) is 0. The third kappa shape index (κ3) is 2.40. The van der Waals surface area contributed by atoms with Crippen LogP contribution in [0, 0.1) is 0 Å². The molecule has 70 valence electrons.